The Labute approximate surface area is 108 Å². The summed E-state index contributed by atoms with van der Waals surface area (Å²) in [7, 11) is 0. The summed E-state index contributed by atoms with van der Waals surface area (Å²) in [5.41, 5.74) is 1.93. The highest BCUT2D eigenvalue weighted by atomic mass is 32.2. The Balaban J connectivity index is 1.98. The minimum Gasteiger partial charge on any atom is -0.472 e. The Morgan fingerprint density at radius 3 is 2.44 bits per heavy atom. The first kappa shape index (κ1) is 13.0. The molecule has 0 saturated carbocycles. The van der Waals surface area contributed by atoms with Crippen LogP contribution >= 0.6 is 11.8 Å². The molecule has 0 bridgehead atoms. The number of halogens is 2. The smallest absolute Gasteiger partial charge is 0.288 e. The number of furan rings is 1. The molecule has 0 aliphatic carbocycles. The van der Waals surface area contributed by atoms with Crippen LogP contribution in [0.4, 0.5) is 14.5 Å². The molecule has 18 heavy (non-hydrogen) atoms. The van der Waals surface area contributed by atoms with Crippen LogP contribution < -0.4 is 5.32 Å². The van der Waals surface area contributed by atoms with Gasteiger partial charge in [-0.25, -0.2) is 0 Å². The zero-order chi connectivity index (χ0) is 13.0. The first-order valence-electron chi connectivity index (χ1n) is 5.48. The molecule has 0 spiro atoms. The second-order valence-corrected chi connectivity index (χ2v) is 4.89. The lowest BCUT2D eigenvalue weighted by atomic mass is 10.1. The first-order chi connectivity index (χ1) is 8.65. The Bertz CT molecular complexity index is 470. The molecule has 0 saturated heterocycles. The van der Waals surface area contributed by atoms with E-state index in [1.165, 1.54) is 0 Å². The van der Waals surface area contributed by atoms with Crippen LogP contribution in [0.25, 0.3) is 0 Å². The number of thioether (sulfide) groups is 1. The standard InChI is InChI=1S/C13H13F2NOS/c1-9(10-6-7-17-8-10)16-11-2-4-12(5-3-11)18-13(14)15/h2-9,13,16H,1H3. The number of hydrogen-bond acceptors (Lipinski definition) is 3. The van der Waals surface area contributed by atoms with Crippen LogP contribution in [-0.2, 0) is 0 Å². The summed E-state index contributed by atoms with van der Waals surface area (Å²) in [5, 5.41) is 3.27. The van der Waals surface area contributed by atoms with Crippen LogP contribution in [0.3, 0.4) is 0 Å². The highest BCUT2D eigenvalue weighted by Crippen LogP contribution is 2.27. The van der Waals surface area contributed by atoms with Gasteiger partial charge in [0.05, 0.1) is 18.6 Å². The molecule has 0 fully saturated rings. The monoisotopic (exact) mass is 269 g/mol. The lowest BCUT2D eigenvalue weighted by Gasteiger charge is -2.13. The fourth-order valence-corrected chi connectivity index (χ4v) is 2.09. The van der Waals surface area contributed by atoms with Gasteiger partial charge in [-0.1, -0.05) is 11.8 Å². The third-order valence-corrected chi connectivity index (χ3v) is 3.23. The Hall–Kier alpha value is -1.49. The topological polar surface area (TPSA) is 25.2 Å². The molecular formula is C13H13F2NOS. The van der Waals surface area contributed by atoms with Gasteiger partial charge in [0, 0.05) is 16.1 Å². The first-order valence-corrected chi connectivity index (χ1v) is 6.36. The Morgan fingerprint density at radius 2 is 1.89 bits per heavy atom. The van der Waals surface area contributed by atoms with Gasteiger partial charge in [-0.3, -0.25) is 0 Å². The van der Waals surface area contributed by atoms with Gasteiger partial charge in [0.25, 0.3) is 5.76 Å². The van der Waals surface area contributed by atoms with Crippen molar-refractivity contribution in [1.82, 2.24) is 0 Å². The van der Waals surface area contributed by atoms with Crippen molar-refractivity contribution in [2.24, 2.45) is 0 Å². The van der Waals surface area contributed by atoms with Gasteiger partial charge >= 0.3 is 0 Å². The van der Waals surface area contributed by atoms with E-state index in [0.29, 0.717) is 16.7 Å². The van der Waals surface area contributed by atoms with Gasteiger partial charge in [0.1, 0.15) is 0 Å². The van der Waals surface area contributed by atoms with Crippen LogP contribution in [0, 0.1) is 0 Å². The molecule has 1 heterocycles. The number of hydrogen-bond donors (Lipinski definition) is 1. The van der Waals surface area contributed by atoms with E-state index in [1.807, 2.05) is 13.0 Å². The van der Waals surface area contributed by atoms with Crippen molar-refractivity contribution in [1.29, 1.82) is 0 Å². The van der Waals surface area contributed by atoms with E-state index in [1.54, 1.807) is 36.8 Å². The van der Waals surface area contributed by atoms with Crippen LogP contribution in [0.2, 0.25) is 0 Å². The fraction of sp³-hybridized carbons (Fsp3) is 0.231. The van der Waals surface area contributed by atoms with Crippen molar-refractivity contribution >= 4 is 17.4 Å². The lowest BCUT2D eigenvalue weighted by molar-refractivity contribution is 0.252. The van der Waals surface area contributed by atoms with Crippen molar-refractivity contribution in [2.75, 3.05) is 5.32 Å². The number of alkyl halides is 2. The van der Waals surface area contributed by atoms with Gasteiger partial charge in [-0.2, -0.15) is 8.78 Å². The third kappa shape index (κ3) is 3.50. The highest BCUT2D eigenvalue weighted by molar-refractivity contribution is 7.99. The number of nitrogens with one attached hydrogen (secondary N) is 1. The minimum absolute atomic E-state index is 0.109. The van der Waals surface area contributed by atoms with Gasteiger partial charge in [0.15, 0.2) is 0 Å². The zero-order valence-electron chi connectivity index (χ0n) is 9.77. The SMILES string of the molecule is CC(Nc1ccc(SC(F)F)cc1)c1ccoc1. The van der Waals surface area contributed by atoms with Crippen LogP contribution in [0.5, 0.6) is 0 Å². The normalized spacial score (nSPS) is 12.7. The van der Waals surface area contributed by atoms with Crippen LogP contribution in [0.15, 0.2) is 52.2 Å². The number of anilines is 1. The third-order valence-electron chi connectivity index (χ3n) is 2.51. The van der Waals surface area contributed by atoms with Crippen LogP contribution in [-0.4, -0.2) is 5.76 Å². The van der Waals surface area contributed by atoms with Crippen molar-refractivity contribution < 1.29 is 13.2 Å². The fourth-order valence-electron chi connectivity index (χ4n) is 1.59. The largest absolute Gasteiger partial charge is 0.472 e. The molecule has 1 aromatic heterocycles. The molecule has 0 radical (unpaired) electrons. The molecule has 1 atom stereocenters. The summed E-state index contributed by atoms with van der Waals surface area (Å²) < 4.78 is 29.3. The highest BCUT2D eigenvalue weighted by Gasteiger charge is 2.07. The van der Waals surface area contributed by atoms with E-state index < -0.39 is 5.76 Å². The molecular weight excluding hydrogens is 256 g/mol. The van der Waals surface area contributed by atoms with Gasteiger partial charge < -0.3 is 9.73 Å². The molecule has 2 aromatic rings. The van der Waals surface area contributed by atoms with E-state index >= 15 is 0 Å². The van der Waals surface area contributed by atoms with Gasteiger partial charge in [-0.15, -0.1) is 0 Å². The summed E-state index contributed by atoms with van der Waals surface area (Å²) in [4.78, 5) is 0.562. The Kier molecular flexibility index (Phi) is 4.25. The summed E-state index contributed by atoms with van der Waals surface area (Å²) in [6.45, 7) is 2.01. The summed E-state index contributed by atoms with van der Waals surface area (Å²) in [5.74, 6) is -2.38. The summed E-state index contributed by atoms with van der Waals surface area (Å²) >= 11 is 0.548. The maximum atomic E-state index is 12.2. The average molecular weight is 269 g/mol. The molecule has 5 heteroatoms. The van der Waals surface area contributed by atoms with E-state index in [0.717, 1.165) is 11.3 Å². The van der Waals surface area contributed by atoms with Crippen molar-refractivity contribution in [3.8, 4) is 0 Å². The second kappa shape index (κ2) is 5.91. The summed E-state index contributed by atoms with van der Waals surface area (Å²) in [6, 6.07) is 8.95. The molecule has 2 rings (SSSR count). The predicted octanol–water partition coefficient (Wildman–Crippen LogP) is 4.77. The molecule has 2 nitrogen and oxygen atoms in total. The molecule has 96 valence electrons. The zero-order valence-corrected chi connectivity index (χ0v) is 10.6. The molecule has 0 aliphatic heterocycles. The maximum Gasteiger partial charge on any atom is 0.288 e. The molecule has 0 amide bonds. The van der Waals surface area contributed by atoms with Crippen molar-refractivity contribution in [3.63, 3.8) is 0 Å². The molecule has 0 aliphatic rings. The second-order valence-electron chi connectivity index (χ2n) is 3.83. The van der Waals surface area contributed by atoms with Crippen molar-refractivity contribution in [2.45, 2.75) is 23.6 Å². The van der Waals surface area contributed by atoms with Crippen molar-refractivity contribution in [3.05, 3.63) is 48.4 Å². The molecule has 1 unspecified atom stereocenters. The summed E-state index contributed by atoms with van der Waals surface area (Å²) in [6.07, 6.45) is 3.30. The number of rotatable bonds is 5. The predicted molar refractivity (Wildman–Crippen MR) is 69.0 cm³/mol. The molecule has 1 aromatic carbocycles. The van der Waals surface area contributed by atoms with Gasteiger partial charge in [0.2, 0.25) is 0 Å². The Morgan fingerprint density at radius 1 is 1.17 bits per heavy atom. The lowest BCUT2D eigenvalue weighted by Crippen LogP contribution is -2.05. The van der Waals surface area contributed by atoms with E-state index in [4.69, 9.17) is 4.42 Å². The average Bonchev–Trinajstić information content (AvgIpc) is 2.84. The van der Waals surface area contributed by atoms with E-state index in [9.17, 15) is 8.78 Å². The molecule has 1 N–H and O–H groups in total. The van der Waals surface area contributed by atoms with Crippen LogP contribution in [0.1, 0.15) is 18.5 Å². The quantitative estimate of drug-likeness (QED) is 0.792. The van der Waals surface area contributed by atoms with E-state index in [2.05, 4.69) is 5.32 Å². The number of benzene rings is 1. The maximum absolute atomic E-state index is 12.2. The van der Waals surface area contributed by atoms with Gasteiger partial charge in [-0.05, 0) is 37.3 Å². The minimum atomic E-state index is -2.38. The van der Waals surface area contributed by atoms with E-state index in [-0.39, 0.29) is 6.04 Å².